The summed E-state index contributed by atoms with van der Waals surface area (Å²) in [6.45, 7) is 4.57. The third-order valence-electron chi connectivity index (χ3n) is 4.55. The van der Waals surface area contributed by atoms with Gasteiger partial charge in [-0.25, -0.2) is 4.39 Å². The molecule has 1 aromatic heterocycles. The Bertz CT molecular complexity index is 1020. The number of aromatic nitrogens is 2. The summed E-state index contributed by atoms with van der Waals surface area (Å²) < 4.78 is 18.2. The molecule has 0 unspecified atom stereocenters. The molecule has 0 saturated carbocycles. The van der Waals surface area contributed by atoms with E-state index in [1.807, 2.05) is 25.1 Å². The fourth-order valence-corrected chi connectivity index (χ4v) is 2.93. The standard InChI is InChI=1S/C22H23FN4O3/c1-3-27(15(2)28)14-16-5-4-6-19(13-16)24-20(29)11-12-21-25-22(26-30-21)17-7-9-18(23)10-8-17/h4-10,13H,3,11-12,14H2,1-2H3,(H,24,29). The number of aryl methyl sites for hydroxylation is 1. The van der Waals surface area contributed by atoms with Crippen molar-refractivity contribution in [3.8, 4) is 11.4 Å². The Hall–Kier alpha value is -3.55. The van der Waals surface area contributed by atoms with Crippen LogP contribution in [0.25, 0.3) is 11.4 Å². The van der Waals surface area contributed by atoms with Crippen molar-refractivity contribution in [1.82, 2.24) is 15.0 Å². The molecule has 0 saturated heterocycles. The molecule has 0 spiro atoms. The van der Waals surface area contributed by atoms with Crippen LogP contribution in [0.15, 0.2) is 53.1 Å². The SMILES string of the molecule is CCN(Cc1cccc(NC(=O)CCc2nc(-c3ccc(F)cc3)no2)c1)C(C)=O. The van der Waals surface area contributed by atoms with E-state index in [1.54, 1.807) is 23.1 Å². The van der Waals surface area contributed by atoms with Crippen molar-refractivity contribution in [3.05, 3.63) is 65.8 Å². The van der Waals surface area contributed by atoms with Gasteiger partial charge in [0.25, 0.3) is 0 Å². The molecule has 3 aromatic rings. The molecule has 3 rings (SSSR count). The molecule has 2 aromatic carbocycles. The number of hydrogen-bond acceptors (Lipinski definition) is 5. The average molecular weight is 410 g/mol. The molecular formula is C22H23FN4O3. The van der Waals surface area contributed by atoms with Crippen LogP contribution in [0, 0.1) is 5.82 Å². The average Bonchev–Trinajstić information content (AvgIpc) is 3.20. The van der Waals surface area contributed by atoms with Crippen molar-refractivity contribution in [3.63, 3.8) is 0 Å². The fraction of sp³-hybridized carbons (Fsp3) is 0.273. The molecule has 0 aliphatic carbocycles. The number of halogens is 1. The highest BCUT2D eigenvalue weighted by Gasteiger charge is 2.12. The molecule has 1 heterocycles. The number of anilines is 1. The topological polar surface area (TPSA) is 88.3 Å². The summed E-state index contributed by atoms with van der Waals surface area (Å²) in [5.74, 6) is 0.160. The normalized spacial score (nSPS) is 10.6. The highest BCUT2D eigenvalue weighted by atomic mass is 19.1. The van der Waals surface area contributed by atoms with Gasteiger partial charge in [-0.15, -0.1) is 0 Å². The second-order valence-electron chi connectivity index (χ2n) is 6.80. The highest BCUT2D eigenvalue weighted by molar-refractivity contribution is 5.90. The molecule has 0 aliphatic heterocycles. The van der Waals surface area contributed by atoms with Gasteiger partial charge in [-0.2, -0.15) is 4.98 Å². The van der Waals surface area contributed by atoms with Crippen molar-refractivity contribution in [2.75, 3.05) is 11.9 Å². The van der Waals surface area contributed by atoms with Crippen molar-refractivity contribution < 1.29 is 18.5 Å². The number of benzene rings is 2. The first kappa shape index (κ1) is 21.2. The largest absolute Gasteiger partial charge is 0.339 e. The lowest BCUT2D eigenvalue weighted by Crippen LogP contribution is -2.27. The fourth-order valence-electron chi connectivity index (χ4n) is 2.93. The van der Waals surface area contributed by atoms with E-state index < -0.39 is 0 Å². The molecule has 156 valence electrons. The predicted molar refractivity (Wildman–Crippen MR) is 110 cm³/mol. The molecule has 0 atom stereocenters. The maximum Gasteiger partial charge on any atom is 0.227 e. The number of carbonyl (C=O) groups excluding carboxylic acids is 2. The quantitative estimate of drug-likeness (QED) is 0.610. The smallest absolute Gasteiger partial charge is 0.227 e. The molecule has 1 N–H and O–H groups in total. The number of nitrogens with zero attached hydrogens (tertiary/aromatic N) is 3. The Labute approximate surface area is 173 Å². The molecule has 0 fully saturated rings. The summed E-state index contributed by atoms with van der Waals surface area (Å²) in [6.07, 6.45) is 0.456. The van der Waals surface area contributed by atoms with Gasteiger partial charge < -0.3 is 14.7 Å². The van der Waals surface area contributed by atoms with Gasteiger partial charge in [0.1, 0.15) is 5.82 Å². The van der Waals surface area contributed by atoms with Gasteiger partial charge in [0.15, 0.2) is 0 Å². The van der Waals surface area contributed by atoms with Crippen LogP contribution in [-0.4, -0.2) is 33.4 Å². The Morgan fingerprint density at radius 1 is 1.17 bits per heavy atom. The van der Waals surface area contributed by atoms with E-state index >= 15 is 0 Å². The number of hydrogen-bond donors (Lipinski definition) is 1. The third-order valence-corrected chi connectivity index (χ3v) is 4.55. The van der Waals surface area contributed by atoms with E-state index in [1.165, 1.54) is 19.1 Å². The van der Waals surface area contributed by atoms with Crippen LogP contribution >= 0.6 is 0 Å². The van der Waals surface area contributed by atoms with Crippen molar-refractivity contribution in [2.24, 2.45) is 0 Å². The lowest BCUT2D eigenvalue weighted by molar-refractivity contribution is -0.129. The number of amides is 2. The second kappa shape index (κ2) is 9.78. The van der Waals surface area contributed by atoms with E-state index in [-0.39, 0.29) is 30.5 Å². The van der Waals surface area contributed by atoms with Crippen LogP contribution in [0.1, 0.15) is 31.7 Å². The van der Waals surface area contributed by atoms with Crippen LogP contribution in [0.5, 0.6) is 0 Å². The van der Waals surface area contributed by atoms with Gasteiger partial charge in [-0.05, 0) is 48.9 Å². The second-order valence-corrected chi connectivity index (χ2v) is 6.80. The number of carbonyl (C=O) groups is 2. The Morgan fingerprint density at radius 3 is 2.63 bits per heavy atom. The number of nitrogens with one attached hydrogen (secondary N) is 1. The number of rotatable bonds is 8. The maximum atomic E-state index is 13.0. The first-order valence-corrected chi connectivity index (χ1v) is 9.67. The van der Waals surface area contributed by atoms with Gasteiger partial charge in [0, 0.05) is 44.1 Å². The van der Waals surface area contributed by atoms with Gasteiger partial charge in [0.2, 0.25) is 23.5 Å². The maximum absolute atomic E-state index is 13.0. The van der Waals surface area contributed by atoms with E-state index in [2.05, 4.69) is 15.5 Å². The zero-order valence-electron chi connectivity index (χ0n) is 16.9. The molecule has 8 heteroatoms. The van der Waals surface area contributed by atoms with Gasteiger partial charge >= 0.3 is 0 Å². The van der Waals surface area contributed by atoms with Gasteiger partial charge in [-0.1, -0.05) is 17.3 Å². The van der Waals surface area contributed by atoms with Crippen molar-refractivity contribution >= 4 is 17.5 Å². The lowest BCUT2D eigenvalue weighted by Gasteiger charge is -2.19. The van der Waals surface area contributed by atoms with Crippen LogP contribution < -0.4 is 5.32 Å². The summed E-state index contributed by atoms with van der Waals surface area (Å²) in [5, 5.41) is 6.71. The van der Waals surface area contributed by atoms with Crippen LogP contribution in [-0.2, 0) is 22.6 Å². The molecule has 0 aliphatic rings. The van der Waals surface area contributed by atoms with E-state index in [0.717, 1.165) is 5.56 Å². The molecule has 7 nitrogen and oxygen atoms in total. The summed E-state index contributed by atoms with van der Waals surface area (Å²) in [6, 6.07) is 13.2. The Morgan fingerprint density at radius 2 is 1.93 bits per heavy atom. The van der Waals surface area contributed by atoms with Crippen molar-refractivity contribution in [2.45, 2.75) is 33.2 Å². The summed E-state index contributed by atoms with van der Waals surface area (Å²) >= 11 is 0. The monoisotopic (exact) mass is 410 g/mol. The van der Waals surface area contributed by atoms with E-state index in [4.69, 9.17) is 4.52 Å². The molecule has 30 heavy (non-hydrogen) atoms. The molecule has 0 radical (unpaired) electrons. The molecule has 0 bridgehead atoms. The van der Waals surface area contributed by atoms with Crippen LogP contribution in [0.3, 0.4) is 0 Å². The summed E-state index contributed by atoms with van der Waals surface area (Å²) in [4.78, 5) is 29.8. The Balaban J connectivity index is 1.54. The molecular weight excluding hydrogens is 387 g/mol. The summed E-state index contributed by atoms with van der Waals surface area (Å²) in [5.41, 5.74) is 2.24. The minimum Gasteiger partial charge on any atom is -0.339 e. The van der Waals surface area contributed by atoms with Crippen molar-refractivity contribution in [1.29, 1.82) is 0 Å². The first-order chi connectivity index (χ1) is 14.4. The van der Waals surface area contributed by atoms with E-state index in [9.17, 15) is 14.0 Å². The zero-order valence-corrected chi connectivity index (χ0v) is 16.9. The van der Waals surface area contributed by atoms with Gasteiger partial charge in [0.05, 0.1) is 0 Å². The van der Waals surface area contributed by atoms with E-state index in [0.29, 0.717) is 36.1 Å². The lowest BCUT2D eigenvalue weighted by atomic mass is 10.1. The Kier molecular flexibility index (Phi) is 6.90. The predicted octanol–water partition coefficient (Wildman–Crippen LogP) is 3.82. The van der Waals surface area contributed by atoms with Crippen LogP contribution in [0.2, 0.25) is 0 Å². The molecule has 2 amide bonds. The van der Waals surface area contributed by atoms with Gasteiger partial charge in [-0.3, -0.25) is 9.59 Å². The minimum atomic E-state index is -0.341. The third kappa shape index (κ3) is 5.73. The highest BCUT2D eigenvalue weighted by Crippen LogP contribution is 2.17. The summed E-state index contributed by atoms with van der Waals surface area (Å²) in [7, 11) is 0. The van der Waals surface area contributed by atoms with Crippen LogP contribution in [0.4, 0.5) is 10.1 Å². The first-order valence-electron chi connectivity index (χ1n) is 9.67. The zero-order chi connectivity index (χ0) is 21.5. The minimum absolute atomic E-state index is 0.00602.